The van der Waals surface area contributed by atoms with Crippen LogP contribution < -0.4 is 5.43 Å². The molecule has 1 atom stereocenters. The summed E-state index contributed by atoms with van der Waals surface area (Å²) in [4.78, 5) is 17.6. The summed E-state index contributed by atoms with van der Waals surface area (Å²) in [5.41, 5.74) is 6.41. The molecular weight excluding hydrogens is 353 g/mol. The number of rotatable bonds is 3. The second kappa shape index (κ2) is 7.89. The van der Waals surface area contributed by atoms with Gasteiger partial charge in [-0.25, -0.2) is 14.8 Å². The number of nitrogens with one attached hydrogen (secondary N) is 1. The fourth-order valence-corrected chi connectivity index (χ4v) is 3.65. The van der Waals surface area contributed by atoms with E-state index in [9.17, 15) is 9.18 Å². The summed E-state index contributed by atoms with van der Waals surface area (Å²) < 4.78 is 13.3. The molecule has 0 bridgehead atoms. The van der Waals surface area contributed by atoms with E-state index in [-0.39, 0.29) is 11.7 Å². The number of hydrazone groups is 1. The van der Waals surface area contributed by atoms with Crippen LogP contribution in [-0.4, -0.2) is 16.6 Å². The molecule has 0 aliphatic heterocycles. The van der Waals surface area contributed by atoms with E-state index >= 15 is 0 Å². The smallest absolute Gasteiger partial charge is 0.267 e. The second-order valence-electron chi connectivity index (χ2n) is 7.27. The number of carbonyl (C=O) groups is 1. The Kier molecular flexibility index (Phi) is 5.15. The molecule has 2 aromatic carbocycles. The van der Waals surface area contributed by atoms with Gasteiger partial charge in [-0.3, -0.25) is 4.79 Å². The largest absolute Gasteiger partial charge is 0.272 e. The van der Waals surface area contributed by atoms with Crippen molar-refractivity contribution in [1.29, 1.82) is 0 Å². The average Bonchev–Trinajstić information content (AvgIpc) is 2.72. The van der Waals surface area contributed by atoms with Crippen LogP contribution >= 0.6 is 0 Å². The fourth-order valence-electron chi connectivity index (χ4n) is 3.65. The van der Waals surface area contributed by atoms with E-state index in [1.54, 1.807) is 18.2 Å². The average molecular weight is 375 g/mol. The maximum absolute atomic E-state index is 13.3. The Balaban J connectivity index is 1.71. The maximum Gasteiger partial charge on any atom is 0.272 e. The summed E-state index contributed by atoms with van der Waals surface area (Å²) in [5, 5.41) is 5.17. The molecule has 0 radical (unpaired) electrons. The van der Waals surface area contributed by atoms with Gasteiger partial charge in [-0.05, 0) is 61.6 Å². The van der Waals surface area contributed by atoms with Gasteiger partial charge in [0.2, 0.25) is 0 Å². The summed E-state index contributed by atoms with van der Waals surface area (Å²) in [6.45, 7) is 2.15. The molecule has 4 nitrogen and oxygen atoms in total. The second-order valence-corrected chi connectivity index (χ2v) is 7.27. The molecule has 1 heterocycles. The van der Waals surface area contributed by atoms with E-state index in [1.807, 2.05) is 24.3 Å². The van der Waals surface area contributed by atoms with Crippen LogP contribution in [-0.2, 0) is 0 Å². The van der Waals surface area contributed by atoms with E-state index < -0.39 is 0 Å². The summed E-state index contributed by atoms with van der Waals surface area (Å²) in [6.07, 6.45) is 4.37. The van der Waals surface area contributed by atoms with E-state index in [1.165, 1.54) is 18.6 Å². The Morgan fingerprint density at radius 2 is 1.93 bits per heavy atom. The molecule has 1 fully saturated rings. The van der Waals surface area contributed by atoms with E-state index in [2.05, 4.69) is 22.4 Å². The Morgan fingerprint density at radius 3 is 2.71 bits per heavy atom. The minimum Gasteiger partial charge on any atom is -0.267 e. The lowest BCUT2D eigenvalue weighted by molar-refractivity contribution is 0.0956. The quantitative estimate of drug-likeness (QED) is 0.629. The number of hydrogen-bond acceptors (Lipinski definition) is 3. The van der Waals surface area contributed by atoms with Gasteiger partial charge in [0.05, 0.1) is 16.8 Å². The van der Waals surface area contributed by atoms with Crippen molar-refractivity contribution in [1.82, 2.24) is 10.4 Å². The molecule has 28 heavy (non-hydrogen) atoms. The zero-order valence-electron chi connectivity index (χ0n) is 15.8. The minimum absolute atomic E-state index is 0.257. The number of hydrogen-bond donors (Lipinski definition) is 1. The van der Waals surface area contributed by atoms with Gasteiger partial charge in [-0.1, -0.05) is 31.5 Å². The number of amides is 1. The number of halogens is 1. The SMILES string of the molecule is C[C@@H]1CCCC/C1=N/NC(=O)c1cc(-c2ccc(F)cc2)nc2ccccc12. The van der Waals surface area contributed by atoms with Crippen LogP contribution in [0.4, 0.5) is 4.39 Å². The van der Waals surface area contributed by atoms with Crippen molar-refractivity contribution in [2.45, 2.75) is 32.6 Å². The van der Waals surface area contributed by atoms with Gasteiger partial charge in [0.1, 0.15) is 5.82 Å². The minimum atomic E-state index is -0.306. The maximum atomic E-state index is 13.3. The lowest BCUT2D eigenvalue weighted by Gasteiger charge is -2.19. The first-order valence-corrected chi connectivity index (χ1v) is 9.64. The van der Waals surface area contributed by atoms with Crippen molar-refractivity contribution < 1.29 is 9.18 Å². The number of carbonyl (C=O) groups excluding carboxylic acids is 1. The number of pyridine rings is 1. The predicted molar refractivity (Wildman–Crippen MR) is 110 cm³/mol. The molecule has 0 unspecified atom stereocenters. The lowest BCUT2D eigenvalue weighted by atomic mass is 9.89. The van der Waals surface area contributed by atoms with Crippen LogP contribution in [0.2, 0.25) is 0 Å². The van der Waals surface area contributed by atoms with Gasteiger partial charge in [0.15, 0.2) is 0 Å². The fraction of sp³-hybridized carbons (Fsp3) is 0.261. The van der Waals surface area contributed by atoms with Crippen molar-refractivity contribution in [2.24, 2.45) is 11.0 Å². The van der Waals surface area contributed by atoms with Gasteiger partial charge in [-0.2, -0.15) is 5.10 Å². The Bertz CT molecular complexity index is 1040. The molecule has 1 aliphatic rings. The third-order valence-electron chi connectivity index (χ3n) is 5.29. The topological polar surface area (TPSA) is 54.4 Å². The van der Waals surface area contributed by atoms with E-state index in [0.29, 0.717) is 22.7 Å². The third-order valence-corrected chi connectivity index (χ3v) is 5.29. The molecule has 142 valence electrons. The standard InChI is InChI=1S/C23H22FN3O/c1-15-6-2-4-8-20(15)26-27-23(28)19-14-22(16-10-12-17(24)13-11-16)25-21-9-5-3-7-18(19)21/h3,5,7,9-15H,2,4,6,8H2,1H3,(H,27,28)/b26-20-/t15-/m1/s1. The van der Waals surface area contributed by atoms with Crippen LogP contribution in [0.1, 0.15) is 43.0 Å². The molecule has 0 spiro atoms. The summed E-state index contributed by atoms with van der Waals surface area (Å²) in [7, 11) is 0. The monoisotopic (exact) mass is 375 g/mol. The van der Waals surface area contributed by atoms with Crippen molar-refractivity contribution in [2.75, 3.05) is 0 Å². The summed E-state index contributed by atoms with van der Waals surface area (Å²) >= 11 is 0. The van der Waals surface area contributed by atoms with Gasteiger partial charge >= 0.3 is 0 Å². The molecule has 3 aromatic rings. The zero-order chi connectivity index (χ0) is 19.5. The normalized spacial score (nSPS) is 18.4. The van der Waals surface area contributed by atoms with Crippen molar-refractivity contribution in [3.8, 4) is 11.3 Å². The Hall–Kier alpha value is -3.08. The van der Waals surface area contributed by atoms with Crippen molar-refractivity contribution in [3.63, 3.8) is 0 Å². The van der Waals surface area contributed by atoms with Crippen LogP contribution in [0.25, 0.3) is 22.2 Å². The number of aromatic nitrogens is 1. The molecule has 1 aromatic heterocycles. The first-order valence-electron chi connectivity index (χ1n) is 9.64. The molecular formula is C23H22FN3O. The molecule has 1 amide bonds. The van der Waals surface area contributed by atoms with Gasteiger partial charge < -0.3 is 0 Å². The number of para-hydroxylation sites is 1. The summed E-state index contributed by atoms with van der Waals surface area (Å²) in [6, 6.07) is 15.4. The Morgan fingerprint density at radius 1 is 1.14 bits per heavy atom. The highest BCUT2D eigenvalue weighted by Crippen LogP contribution is 2.25. The van der Waals surface area contributed by atoms with Crippen LogP contribution in [0.3, 0.4) is 0 Å². The van der Waals surface area contributed by atoms with Crippen molar-refractivity contribution >= 4 is 22.5 Å². The van der Waals surface area contributed by atoms with Crippen LogP contribution in [0.15, 0.2) is 59.7 Å². The molecule has 4 rings (SSSR count). The van der Waals surface area contributed by atoms with Crippen LogP contribution in [0, 0.1) is 11.7 Å². The van der Waals surface area contributed by atoms with Crippen molar-refractivity contribution in [3.05, 3.63) is 66.0 Å². The van der Waals surface area contributed by atoms with E-state index in [0.717, 1.165) is 35.9 Å². The third kappa shape index (κ3) is 3.79. The summed E-state index contributed by atoms with van der Waals surface area (Å²) in [5.74, 6) is -0.162. The molecule has 0 saturated heterocycles. The first kappa shape index (κ1) is 18.3. The molecule has 5 heteroatoms. The first-order chi connectivity index (χ1) is 13.6. The number of fused-ring (bicyclic) bond motifs is 1. The van der Waals surface area contributed by atoms with Crippen LogP contribution in [0.5, 0.6) is 0 Å². The molecule has 1 N–H and O–H groups in total. The molecule has 1 saturated carbocycles. The highest BCUT2D eigenvalue weighted by atomic mass is 19.1. The van der Waals surface area contributed by atoms with Gasteiger partial charge in [-0.15, -0.1) is 0 Å². The highest BCUT2D eigenvalue weighted by Gasteiger charge is 2.18. The van der Waals surface area contributed by atoms with Gasteiger partial charge in [0.25, 0.3) is 5.91 Å². The van der Waals surface area contributed by atoms with Gasteiger partial charge in [0, 0.05) is 16.7 Å². The predicted octanol–water partition coefficient (Wildman–Crippen LogP) is 5.34. The highest BCUT2D eigenvalue weighted by molar-refractivity contribution is 6.07. The molecule has 1 aliphatic carbocycles. The zero-order valence-corrected chi connectivity index (χ0v) is 15.8. The number of benzene rings is 2. The Labute approximate surface area is 163 Å². The van der Waals surface area contributed by atoms with E-state index in [4.69, 9.17) is 0 Å². The lowest BCUT2D eigenvalue weighted by Crippen LogP contribution is -2.24. The number of nitrogens with zero attached hydrogens (tertiary/aromatic N) is 2.